The van der Waals surface area contributed by atoms with Gasteiger partial charge in [-0.2, -0.15) is 0 Å². The highest BCUT2D eigenvalue weighted by atomic mass is 16.1. The number of aryl methyl sites for hydroxylation is 1. The van der Waals surface area contributed by atoms with Gasteiger partial charge in [0.1, 0.15) is 5.82 Å². The van der Waals surface area contributed by atoms with Crippen molar-refractivity contribution in [2.45, 2.75) is 38.6 Å². The third-order valence-corrected chi connectivity index (χ3v) is 2.71. The lowest BCUT2D eigenvalue weighted by Crippen LogP contribution is -2.21. The van der Waals surface area contributed by atoms with Crippen LogP contribution in [0.4, 0.5) is 0 Å². The summed E-state index contributed by atoms with van der Waals surface area (Å²) in [6.07, 6.45) is 4.13. The summed E-state index contributed by atoms with van der Waals surface area (Å²) in [4.78, 5) is 18.7. The third kappa shape index (κ3) is 2.45. The summed E-state index contributed by atoms with van der Waals surface area (Å²) in [7, 11) is 0. The average molecular weight is 207 g/mol. The lowest BCUT2D eigenvalue weighted by Gasteiger charge is -2.09. The van der Waals surface area contributed by atoms with Crippen LogP contribution in [-0.2, 0) is 6.42 Å². The predicted molar refractivity (Wildman–Crippen MR) is 58.8 cm³/mol. The molecule has 2 rings (SSSR count). The van der Waals surface area contributed by atoms with E-state index in [1.54, 1.807) is 6.07 Å². The number of rotatable bonds is 3. The molecule has 82 valence electrons. The molecule has 0 saturated carbocycles. The fraction of sp³-hybridized carbons (Fsp3) is 0.636. The fourth-order valence-corrected chi connectivity index (χ4v) is 2.00. The first-order valence-electron chi connectivity index (χ1n) is 5.63. The van der Waals surface area contributed by atoms with E-state index in [1.165, 1.54) is 0 Å². The van der Waals surface area contributed by atoms with Gasteiger partial charge in [-0.05, 0) is 25.8 Å². The molecule has 1 saturated heterocycles. The smallest absolute Gasteiger partial charge is 0.251 e. The summed E-state index contributed by atoms with van der Waals surface area (Å²) in [5, 5.41) is 3.34. The Morgan fingerprint density at radius 3 is 3.13 bits per heavy atom. The number of H-pyrrole nitrogens is 1. The Hall–Kier alpha value is -1.16. The topological polar surface area (TPSA) is 57.8 Å². The molecule has 0 aliphatic carbocycles. The molecule has 0 bridgehead atoms. The first kappa shape index (κ1) is 10.4. The zero-order chi connectivity index (χ0) is 10.7. The van der Waals surface area contributed by atoms with E-state index in [9.17, 15) is 4.79 Å². The van der Waals surface area contributed by atoms with Gasteiger partial charge >= 0.3 is 0 Å². The van der Waals surface area contributed by atoms with Gasteiger partial charge in [0.25, 0.3) is 5.56 Å². The van der Waals surface area contributed by atoms with E-state index in [4.69, 9.17) is 0 Å². The van der Waals surface area contributed by atoms with Gasteiger partial charge in [-0.15, -0.1) is 0 Å². The molecule has 4 nitrogen and oxygen atoms in total. The summed E-state index contributed by atoms with van der Waals surface area (Å²) in [5.41, 5.74) is 0.877. The molecular weight excluding hydrogens is 190 g/mol. The average Bonchev–Trinajstić information content (AvgIpc) is 2.70. The highest BCUT2D eigenvalue weighted by Crippen LogP contribution is 2.18. The Bertz CT molecular complexity index is 380. The Labute approximate surface area is 89.1 Å². The lowest BCUT2D eigenvalue weighted by atomic mass is 10.2. The van der Waals surface area contributed by atoms with Crippen molar-refractivity contribution in [3.63, 3.8) is 0 Å². The second-order valence-electron chi connectivity index (χ2n) is 4.02. The van der Waals surface area contributed by atoms with Gasteiger partial charge in [0.15, 0.2) is 0 Å². The van der Waals surface area contributed by atoms with Crippen molar-refractivity contribution in [3.05, 3.63) is 27.9 Å². The van der Waals surface area contributed by atoms with Crippen LogP contribution in [0.2, 0.25) is 0 Å². The minimum absolute atomic E-state index is 0.0304. The van der Waals surface area contributed by atoms with Crippen LogP contribution in [0.15, 0.2) is 10.9 Å². The van der Waals surface area contributed by atoms with Crippen molar-refractivity contribution < 1.29 is 0 Å². The quantitative estimate of drug-likeness (QED) is 0.781. The summed E-state index contributed by atoms with van der Waals surface area (Å²) in [6.45, 7) is 3.11. The summed E-state index contributed by atoms with van der Waals surface area (Å²) < 4.78 is 0. The molecule has 1 unspecified atom stereocenters. The first-order valence-corrected chi connectivity index (χ1v) is 5.63. The minimum atomic E-state index is -0.0304. The van der Waals surface area contributed by atoms with Crippen molar-refractivity contribution in [1.82, 2.24) is 15.3 Å². The lowest BCUT2D eigenvalue weighted by molar-refractivity contribution is 0.596. The minimum Gasteiger partial charge on any atom is -0.309 e. The molecule has 15 heavy (non-hydrogen) atoms. The van der Waals surface area contributed by atoms with Crippen LogP contribution in [0.25, 0.3) is 0 Å². The normalized spacial score (nSPS) is 20.7. The number of aromatic nitrogens is 2. The second kappa shape index (κ2) is 4.57. The molecule has 1 aromatic heterocycles. The summed E-state index contributed by atoms with van der Waals surface area (Å²) in [5.74, 6) is 0.809. The van der Waals surface area contributed by atoms with Crippen molar-refractivity contribution in [3.8, 4) is 0 Å². The molecule has 1 aliphatic heterocycles. The van der Waals surface area contributed by atoms with E-state index >= 15 is 0 Å². The van der Waals surface area contributed by atoms with Crippen LogP contribution in [0.5, 0.6) is 0 Å². The van der Waals surface area contributed by atoms with Crippen LogP contribution >= 0.6 is 0 Å². The highest BCUT2D eigenvalue weighted by Gasteiger charge is 2.18. The third-order valence-electron chi connectivity index (χ3n) is 2.71. The number of nitrogens with zero attached hydrogens (tertiary/aromatic N) is 1. The second-order valence-corrected chi connectivity index (χ2v) is 4.02. The summed E-state index contributed by atoms with van der Waals surface area (Å²) >= 11 is 0. The van der Waals surface area contributed by atoms with Crippen molar-refractivity contribution in [2.24, 2.45) is 0 Å². The molecule has 1 fully saturated rings. The van der Waals surface area contributed by atoms with Crippen molar-refractivity contribution in [2.75, 3.05) is 6.54 Å². The molecule has 0 spiro atoms. The van der Waals surface area contributed by atoms with Gasteiger partial charge in [0.2, 0.25) is 0 Å². The van der Waals surface area contributed by atoms with E-state index in [2.05, 4.69) is 22.2 Å². The summed E-state index contributed by atoms with van der Waals surface area (Å²) in [6, 6.07) is 1.84. The Morgan fingerprint density at radius 2 is 2.47 bits per heavy atom. The van der Waals surface area contributed by atoms with Crippen LogP contribution in [-0.4, -0.2) is 16.5 Å². The highest BCUT2D eigenvalue weighted by molar-refractivity contribution is 5.06. The molecule has 2 heterocycles. The molecule has 4 heteroatoms. The SMILES string of the molecule is CCCc1cc(=O)[nH]c(C2CCCN2)n1. The Balaban J connectivity index is 2.26. The van der Waals surface area contributed by atoms with Crippen LogP contribution in [0.3, 0.4) is 0 Å². The maximum absolute atomic E-state index is 11.4. The van der Waals surface area contributed by atoms with Crippen LogP contribution < -0.4 is 10.9 Å². The monoisotopic (exact) mass is 207 g/mol. The number of nitrogens with one attached hydrogen (secondary N) is 2. The first-order chi connectivity index (χ1) is 7.29. The van der Waals surface area contributed by atoms with Gasteiger partial charge in [0.05, 0.1) is 6.04 Å². The maximum atomic E-state index is 11.4. The number of hydrogen-bond acceptors (Lipinski definition) is 3. The molecule has 0 amide bonds. The Morgan fingerprint density at radius 1 is 1.60 bits per heavy atom. The van der Waals surface area contributed by atoms with Crippen LogP contribution in [0, 0.1) is 0 Å². The van der Waals surface area contributed by atoms with Gasteiger partial charge in [-0.3, -0.25) is 4.79 Å². The van der Waals surface area contributed by atoms with E-state index < -0.39 is 0 Å². The van der Waals surface area contributed by atoms with Crippen molar-refractivity contribution in [1.29, 1.82) is 0 Å². The van der Waals surface area contributed by atoms with Gasteiger partial charge < -0.3 is 10.3 Å². The fourth-order valence-electron chi connectivity index (χ4n) is 2.00. The molecule has 2 N–H and O–H groups in total. The molecule has 0 aromatic carbocycles. The largest absolute Gasteiger partial charge is 0.309 e. The molecule has 0 radical (unpaired) electrons. The maximum Gasteiger partial charge on any atom is 0.251 e. The van der Waals surface area contributed by atoms with E-state index in [-0.39, 0.29) is 11.6 Å². The van der Waals surface area contributed by atoms with E-state index in [0.717, 1.165) is 43.7 Å². The standard InChI is InChI=1S/C11H17N3O/c1-2-4-8-7-10(15)14-11(13-8)9-5-3-6-12-9/h7,9,12H,2-6H2,1H3,(H,13,14,15). The molecular formula is C11H17N3O. The number of hydrogen-bond donors (Lipinski definition) is 2. The predicted octanol–water partition coefficient (Wildman–Crippen LogP) is 1.15. The zero-order valence-electron chi connectivity index (χ0n) is 9.05. The van der Waals surface area contributed by atoms with Gasteiger partial charge in [-0.25, -0.2) is 4.98 Å². The van der Waals surface area contributed by atoms with Gasteiger partial charge in [0, 0.05) is 11.8 Å². The Kier molecular flexibility index (Phi) is 3.16. The molecule has 1 aromatic rings. The zero-order valence-corrected chi connectivity index (χ0v) is 9.05. The number of aromatic amines is 1. The van der Waals surface area contributed by atoms with Crippen LogP contribution in [0.1, 0.15) is 43.7 Å². The van der Waals surface area contributed by atoms with Gasteiger partial charge in [-0.1, -0.05) is 13.3 Å². The molecule has 1 aliphatic rings. The van der Waals surface area contributed by atoms with E-state index in [0.29, 0.717) is 0 Å². The van der Waals surface area contributed by atoms with Crippen molar-refractivity contribution >= 4 is 0 Å². The van der Waals surface area contributed by atoms with E-state index in [1.807, 2.05) is 0 Å². The molecule has 1 atom stereocenters.